The molecule has 5 rings (SSSR count). The Balaban J connectivity index is 1.73. The lowest BCUT2D eigenvalue weighted by molar-refractivity contribution is 0.0741. The fourth-order valence-corrected chi connectivity index (χ4v) is 5.55. The first-order valence-corrected chi connectivity index (χ1v) is 12.1. The molecule has 0 radical (unpaired) electrons. The van der Waals surface area contributed by atoms with Gasteiger partial charge in [-0.25, -0.2) is 9.78 Å². The molecule has 1 aliphatic heterocycles. The van der Waals surface area contributed by atoms with E-state index < -0.39 is 5.97 Å². The minimum atomic E-state index is -0.493. The van der Waals surface area contributed by atoms with Gasteiger partial charge in [0.2, 0.25) is 0 Å². The fraction of sp³-hybridized carbons (Fsp3) is 0.259. The van der Waals surface area contributed by atoms with Gasteiger partial charge in [0.1, 0.15) is 15.5 Å². The SMILES string of the molecule is COc1cccc(-c2c3c(nc4sc(C(=O)Oc5ccc(C)cc5)c(N)c24)CCN(C)C3)c1OC. The van der Waals surface area contributed by atoms with Gasteiger partial charge >= 0.3 is 5.97 Å². The van der Waals surface area contributed by atoms with Crippen LogP contribution >= 0.6 is 11.3 Å². The maximum absolute atomic E-state index is 13.2. The number of nitrogen functional groups attached to an aromatic ring is 1. The van der Waals surface area contributed by atoms with Gasteiger partial charge in [0.15, 0.2) is 11.5 Å². The van der Waals surface area contributed by atoms with E-state index in [0.29, 0.717) is 39.2 Å². The lowest BCUT2D eigenvalue weighted by Crippen LogP contribution is -2.28. The molecule has 0 spiro atoms. The highest BCUT2D eigenvalue weighted by Gasteiger charge is 2.29. The van der Waals surface area contributed by atoms with Crippen molar-refractivity contribution in [1.82, 2.24) is 9.88 Å². The van der Waals surface area contributed by atoms with Gasteiger partial charge in [-0.15, -0.1) is 11.3 Å². The third-order valence-electron chi connectivity index (χ3n) is 6.31. The van der Waals surface area contributed by atoms with Crippen molar-refractivity contribution in [3.05, 3.63) is 64.2 Å². The zero-order valence-corrected chi connectivity index (χ0v) is 21.0. The van der Waals surface area contributed by atoms with Crippen molar-refractivity contribution in [1.29, 1.82) is 0 Å². The summed E-state index contributed by atoms with van der Waals surface area (Å²) in [7, 11) is 5.33. The molecular weight excluding hydrogens is 462 g/mol. The third-order valence-corrected chi connectivity index (χ3v) is 7.39. The fourth-order valence-electron chi connectivity index (χ4n) is 4.55. The van der Waals surface area contributed by atoms with Crippen LogP contribution in [0.15, 0.2) is 42.5 Å². The van der Waals surface area contributed by atoms with Crippen molar-refractivity contribution in [3.8, 4) is 28.4 Å². The molecule has 0 atom stereocenters. The lowest BCUT2D eigenvalue weighted by Gasteiger charge is -2.27. The number of thiophene rings is 1. The molecule has 4 aromatic rings. The van der Waals surface area contributed by atoms with E-state index in [1.807, 2.05) is 37.3 Å². The molecule has 0 saturated heterocycles. The highest BCUT2D eigenvalue weighted by molar-refractivity contribution is 7.21. The number of nitrogens with two attached hydrogens (primary N) is 1. The first-order chi connectivity index (χ1) is 16.9. The molecule has 8 heteroatoms. The Bertz CT molecular complexity index is 1430. The monoisotopic (exact) mass is 489 g/mol. The van der Waals surface area contributed by atoms with Crippen molar-refractivity contribution >= 4 is 33.2 Å². The summed E-state index contributed by atoms with van der Waals surface area (Å²) >= 11 is 1.26. The van der Waals surface area contributed by atoms with Crippen LogP contribution in [0.1, 0.15) is 26.5 Å². The van der Waals surface area contributed by atoms with E-state index in [2.05, 4.69) is 11.9 Å². The highest BCUT2D eigenvalue weighted by atomic mass is 32.1. The molecule has 2 N–H and O–H groups in total. The number of aromatic nitrogens is 1. The van der Waals surface area contributed by atoms with Crippen molar-refractivity contribution < 1.29 is 19.0 Å². The number of methoxy groups -OCH3 is 2. The maximum Gasteiger partial charge on any atom is 0.355 e. The Morgan fingerprint density at radius 1 is 1.11 bits per heavy atom. The number of benzene rings is 2. The quantitative estimate of drug-likeness (QED) is 0.309. The number of aryl methyl sites for hydroxylation is 1. The summed E-state index contributed by atoms with van der Waals surface area (Å²) in [5.74, 6) is 1.22. The molecule has 2 aromatic heterocycles. The number of carbonyl (C=O) groups is 1. The van der Waals surface area contributed by atoms with Gasteiger partial charge in [-0.05, 0) is 37.7 Å². The average molecular weight is 490 g/mol. The topological polar surface area (TPSA) is 86.9 Å². The molecule has 0 aliphatic carbocycles. The normalized spacial score (nSPS) is 13.5. The third kappa shape index (κ3) is 4.09. The number of nitrogens with zero attached hydrogens (tertiary/aromatic N) is 2. The number of esters is 1. The second kappa shape index (κ2) is 9.20. The summed E-state index contributed by atoms with van der Waals surface area (Å²) in [5, 5.41) is 0.742. The van der Waals surface area contributed by atoms with Crippen LogP contribution in [-0.4, -0.2) is 43.7 Å². The van der Waals surface area contributed by atoms with Gasteiger partial charge in [-0.3, -0.25) is 0 Å². The number of rotatable bonds is 5. The summed E-state index contributed by atoms with van der Waals surface area (Å²) in [6.45, 7) is 3.60. The second-order valence-corrected chi connectivity index (χ2v) is 9.67. The van der Waals surface area contributed by atoms with Crippen LogP contribution in [0.5, 0.6) is 17.2 Å². The molecule has 1 aliphatic rings. The molecule has 0 unspecified atom stereocenters. The Morgan fingerprint density at radius 2 is 1.89 bits per heavy atom. The van der Waals surface area contributed by atoms with Crippen molar-refractivity contribution in [2.75, 3.05) is 33.5 Å². The summed E-state index contributed by atoms with van der Waals surface area (Å²) < 4.78 is 17.0. The molecule has 0 saturated carbocycles. The van der Waals surface area contributed by atoms with E-state index in [-0.39, 0.29) is 0 Å². The number of pyridine rings is 1. The summed E-state index contributed by atoms with van der Waals surface area (Å²) in [5.41, 5.74) is 12.0. The maximum atomic E-state index is 13.2. The Kier molecular flexibility index (Phi) is 6.08. The Labute approximate surface area is 208 Å². The lowest BCUT2D eigenvalue weighted by atomic mass is 9.91. The molecule has 0 amide bonds. The molecular formula is C27H27N3O4S. The standard InChI is InChI=1S/C27H27N3O4S/c1-15-8-10-16(11-9-15)34-27(31)25-23(28)22-21(17-6-5-7-20(32-3)24(17)33-4)18-14-30(2)13-12-19(18)29-26(22)35-25/h5-11H,12-14,28H2,1-4H3. The average Bonchev–Trinajstić information content (AvgIpc) is 3.19. The number of likely N-dealkylation sites (N-methyl/N-ethyl adjacent to an activating group) is 1. The molecule has 180 valence electrons. The molecule has 0 fully saturated rings. The largest absolute Gasteiger partial charge is 0.493 e. The number of hydrogen-bond acceptors (Lipinski definition) is 8. The predicted octanol–water partition coefficient (Wildman–Crippen LogP) is 5.08. The Morgan fingerprint density at radius 3 is 2.60 bits per heavy atom. The van der Waals surface area contributed by atoms with Crippen LogP contribution in [0.2, 0.25) is 0 Å². The van der Waals surface area contributed by atoms with Crippen LogP contribution in [0.3, 0.4) is 0 Å². The summed E-state index contributed by atoms with van der Waals surface area (Å²) in [6.07, 6.45) is 0.808. The number of hydrogen-bond donors (Lipinski definition) is 1. The van der Waals surface area contributed by atoms with E-state index in [1.54, 1.807) is 26.4 Å². The van der Waals surface area contributed by atoms with Crippen LogP contribution < -0.4 is 19.9 Å². The van der Waals surface area contributed by atoms with Gasteiger partial charge in [0.25, 0.3) is 0 Å². The predicted molar refractivity (Wildman–Crippen MR) is 139 cm³/mol. The van der Waals surface area contributed by atoms with Gasteiger partial charge in [0, 0.05) is 41.7 Å². The van der Waals surface area contributed by atoms with Crippen LogP contribution in [-0.2, 0) is 13.0 Å². The number of anilines is 1. The molecule has 35 heavy (non-hydrogen) atoms. The first-order valence-electron chi connectivity index (χ1n) is 11.3. The number of carbonyl (C=O) groups excluding carboxylic acids is 1. The first kappa shape index (κ1) is 23.1. The van der Waals surface area contributed by atoms with E-state index >= 15 is 0 Å². The molecule has 2 aromatic carbocycles. The Hall–Kier alpha value is -3.62. The second-order valence-electron chi connectivity index (χ2n) is 8.67. The van der Waals surface area contributed by atoms with Gasteiger partial charge < -0.3 is 24.8 Å². The minimum Gasteiger partial charge on any atom is -0.493 e. The van der Waals surface area contributed by atoms with E-state index in [4.69, 9.17) is 24.9 Å². The number of ether oxygens (including phenoxy) is 3. The van der Waals surface area contributed by atoms with Crippen molar-refractivity contribution in [3.63, 3.8) is 0 Å². The van der Waals surface area contributed by atoms with Gasteiger partial charge in [-0.2, -0.15) is 0 Å². The van der Waals surface area contributed by atoms with Gasteiger partial charge in [0.05, 0.1) is 19.9 Å². The van der Waals surface area contributed by atoms with E-state index in [1.165, 1.54) is 11.3 Å². The number of para-hydroxylation sites is 1. The zero-order valence-electron chi connectivity index (χ0n) is 20.2. The van der Waals surface area contributed by atoms with Crippen LogP contribution in [0, 0.1) is 6.92 Å². The van der Waals surface area contributed by atoms with Crippen LogP contribution in [0.4, 0.5) is 5.69 Å². The molecule has 3 heterocycles. The van der Waals surface area contributed by atoms with E-state index in [0.717, 1.165) is 46.3 Å². The van der Waals surface area contributed by atoms with Crippen molar-refractivity contribution in [2.24, 2.45) is 0 Å². The highest BCUT2D eigenvalue weighted by Crippen LogP contribution is 2.48. The van der Waals surface area contributed by atoms with E-state index in [9.17, 15) is 4.79 Å². The van der Waals surface area contributed by atoms with Crippen molar-refractivity contribution in [2.45, 2.75) is 19.9 Å². The molecule has 0 bridgehead atoms. The number of fused-ring (bicyclic) bond motifs is 2. The van der Waals surface area contributed by atoms with Gasteiger partial charge in [-0.1, -0.05) is 29.8 Å². The summed E-state index contributed by atoms with van der Waals surface area (Å²) in [4.78, 5) is 21.4. The zero-order chi connectivity index (χ0) is 24.7. The smallest absolute Gasteiger partial charge is 0.355 e. The summed E-state index contributed by atoms with van der Waals surface area (Å²) in [6, 6.07) is 13.1. The molecule has 7 nitrogen and oxygen atoms in total. The van der Waals surface area contributed by atoms with Crippen LogP contribution in [0.25, 0.3) is 21.3 Å². The minimum absolute atomic E-state index is 0.340.